The lowest BCUT2D eigenvalue weighted by Crippen LogP contribution is -1.89. The minimum absolute atomic E-state index is 0.0663. The summed E-state index contributed by atoms with van der Waals surface area (Å²) in [6.45, 7) is 0. The first-order chi connectivity index (χ1) is 6.65. The molecule has 1 rings (SSSR count). The molecule has 1 aromatic rings. The average molecular weight is 277 g/mol. The molecule has 1 aromatic carbocycles. The first-order valence-electron chi connectivity index (χ1n) is 3.81. The number of nitro groups is 1. The van der Waals surface area contributed by atoms with E-state index in [1.165, 1.54) is 12.1 Å². The lowest BCUT2D eigenvalue weighted by atomic mass is 10.2. The van der Waals surface area contributed by atoms with Gasteiger partial charge in [-0.3, -0.25) is 10.1 Å². The predicted octanol–water partition coefficient (Wildman–Crippen LogP) is 3.66. The molecule has 0 radical (unpaired) electrons. The molecule has 0 amide bonds. The van der Waals surface area contributed by atoms with E-state index in [2.05, 4.69) is 15.9 Å². The monoisotopic (exact) mass is 275 g/mol. The van der Waals surface area contributed by atoms with Crippen LogP contribution in [0, 0.1) is 10.1 Å². The van der Waals surface area contributed by atoms with Gasteiger partial charge in [-0.1, -0.05) is 45.7 Å². The second kappa shape index (κ2) is 5.12. The van der Waals surface area contributed by atoms with Crippen molar-refractivity contribution in [3.63, 3.8) is 0 Å². The van der Waals surface area contributed by atoms with Crippen molar-refractivity contribution in [2.24, 2.45) is 0 Å². The van der Waals surface area contributed by atoms with E-state index in [1.54, 1.807) is 12.1 Å². The van der Waals surface area contributed by atoms with Crippen LogP contribution in [0.4, 0.5) is 5.69 Å². The largest absolute Gasteiger partial charge is 0.288 e. The second-order valence-electron chi connectivity index (χ2n) is 2.52. The smallest absolute Gasteiger partial charge is 0.258 e. The number of rotatable bonds is 3. The van der Waals surface area contributed by atoms with E-state index in [-0.39, 0.29) is 10.7 Å². The normalized spacial score (nSPS) is 10.7. The van der Waals surface area contributed by atoms with Gasteiger partial charge in [-0.15, -0.1) is 0 Å². The lowest BCUT2D eigenvalue weighted by molar-refractivity contribution is -0.384. The van der Waals surface area contributed by atoms with Crippen molar-refractivity contribution >= 4 is 39.3 Å². The predicted molar refractivity (Wildman–Crippen MR) is 60.9 cm³/mol. The van der Waals surface area contributed by atoms with Crippen molar-refractivity contribution in [3.8, 4) is 0 Å². The third-order valence-electron chi connectivity index (χ3n) is 1.57. The molecule has 0 heterocycles. The Hall–Kier alpha value is -0.870. The summed E-state index contributed by atoms with van der Waals surface area (Å²) >= 11 is 8.87. The van der Waals surface area contributed by atoms with Crippen LogP contribution in [0.25, 0.3) is 6.08 Å². The summed E-state index contributed by atoms with van der Waals surface area (Å²) in [6.07, 6.45) is 3.64. The zero-order chi connectivity index (χ0) is 10.6. The maximum Gasteiger partial charge on any atom is 0.288 e. The zero-order valence-electron chi connectivity index (χ0n) is 7.11. The van der Waals surface area contributed by atoms with E-state index < -0.39 is 4.92 Å². The van der Waals surface area contributed by atoms with Crippen molar-refractivity contribution < 1.29 is 4.92 Å². The minimum Gasteiger partial charge on any atom is -0.258 e. The van der Waals surface area contributed by atoms with Gasteiger partial charge in [0.05, 0.1) is 4.92 Å². The summed E-state index contributed by atoms with van der Waals surface area (Å²) in [7, 11) is 0. The van der Waals surface area contributed by atoms with Crippen molar-refractivity contribution in [2.75, 3.05) is 5.33 Å². The number of hydrogen-bond donors (Lipinski definition) is 0. The van der Waals surface area contributed by atoms with Gasteiger partial charge in [0.15, 0.2) is 0 Å². The van der Waals surface area contributed by atoms with E-state index in [0.717, 1.165) is 5.56 Å². The van der Waals surface area contributed by atoms with Gasteiger partial charge in [-0.2, -0.15) is 0 Å². The highest BCUT2D eigenvalue weighted by Crippen LogP contribution is 2.25. The summed E-state index contributed by atoms with van der Waals surface area (Å²) in [6, 6.07) is 4.70. The number of allylic oxidation sites excluding steroid dienone is 1. The van der Waals surface area contributed by atoms with Crippen LogP contribution < -0.4 is 0 Å². The molecule has 0 saturated carbocycles. The minimum atomic E-state index is -0.492. The molecule has 0 aliphatic rings. The highest BCUT2D eigenvalue weighted by molar-refractivity contribution is 9.09. The lowest BCUT2D eigenvalue weighted by Gasteiger charge is -1.96. The summed E-state index contributed by atoms with van der Waals surface area (Å²) in [5, 5.41) is 11.4. The third-order valence-corrected chi connectivity index (χ3v) is 2.26. The highest BCUT2D eigenvalue weighted by atomic mass is 79.9. The van der Waals surface area contributed by atoms with Crippen LogP contribution >= 0.6 is 27.5 Å². The van der Waals surface area contributed by atoms with Gasteiger partial charge in [0.1, 0.15) is 5.02 Å². The van der Waals surface area contributed by atoms with Crippen LogP contribution in [-0.2, 0) is 0 Å². The summed E-state index contributed by atoms with van der Waals surface area (Å²) in [5.41, 5.74) is 0.698. The molecule has 0 N–H and O–H groups in total. The molecule has 0 aromatic heterocycles. The number of nitrogens with zero attached hydrogens (tertiary/aromatic N) is 1. The summed E-state index contributed by atoms with van der Waals surface area (Å²) < 4.78 is 0. The average Bonchev–Trinajstić information content (AvgIpc) is 2.16. The van der Waals surface area contributed by atoms with Crippen LogP contribution in [0.1, 0.15) is 5.56 Å². The SMILES string of the molecule is O=[N+]([O-])c1cc(C=CCBr)ccc1Cl. The summed E-state index contributed by atoms with van der Waals surface area (Å²) in [4.78, 5) is 10.0. The fraction of sp³-hybridized carbons (Fsp3) is 0.111. The van der Waals surface area contributed by atoms with E-state index >= 15 is 0 Å². The second-order valence-corrected chi connectivity index (χ2v) is 3.58. The Labute approximate surface area is 94.7 Å². The molecule has 0 fully saturated rings. The van der Waals surface area contributed by atoms with Gasteiger partial charge in [-0.25, -0.2) is 0 Å². The van der Waals surface area contributed by atoms with Crippen molar-refractivity contribution in [1.29, 1.82) is 0 Å². The maximum atomic E-state index is 10.5. The van der Waals surface area contributed by atoms with Crippen LogP contribution in [0.2, 0.25) is 5.02 Å². The van der Waals surface area contributed by atoms with E-state index in [0.29, 0.717) is 5.33 Å². The van der Waals surface area contributed by atoms with Gasteiger partial charge in [-0.05, 0) is 11.6 Å². The molecule has 74 valence electrons. The standard InChI is InChI=1S/C9H7BrClNO2/c10-5-1-2-7-3-4-8(11)9(6-7)12(13)14/h1-4,6H,5H2. The Kier molecular flexibility index (Phi) is 4.10. The molecular formula is C9H7BrClNO2. The van der Waals surface area contributed by atoms with Crippen molar-refractivity contribution in [3.05, 3.63) is 45.0 Å². The van der Waals surface area contributed by atoms with Crippen LogP contribution in [-0.4, -0.2) is 10.3 Å². The van der Waals surface area contributed by atoms with Crippen molar-refractivity contribution in [1.82, 2.24) is 0 Å². The van der Waals surface area contributed by atoms with Crippen LogP contribution in [0.3, 0.4) is 0 Å². The Morgan fingerprint density at radius 2 is 2.29 bits per heavy atom. The number of alkyl halides is 1. The molecule has 0 unspecified atom stereocenters. The molecule has 0 aliphatic heterocycles. The van der Waals surface area contributed by atoms with Gasteiger partial charge < -0.3 is 0 Å². The maximum absolute atomic E-state index is 10.5. The Morgan fingerprint density at radius 3 is 2.86 bits per heavy atom. The molecule has 3 nitrogen and oxygen atoms in total. The van der Waals surface area contributed by atoms with Gasteiger partial charge in [0.2, 0.25) is 0 Å². The van der Waals surface area contributed by atoms with Crippen LogP contribution in [0.15, 0.2) is 24.3 Å². The Morgan fingerprint density at radius 1 is 1.57 bits per heavy atom. The topological polar surface area (TPSA) is 43.1 Å². The van der Waals surface area contributed by atoms with Crippen molar-refractivity contribution in [2.45, 2.75) is 0 Å². The molecule has 0 spiro atoms. The van der Waals surface area contributed by atoms with E-state index in [4.69, 9.17) is 11.6 Å². The molecule has 0 atom stereocenters. The third kappa shape index (κ3) is 2.82. The van der Waals surface area contributed by atoms with E-state index in [1.807, 2.05) is 6.08 Å². The Balaban J connectivity index is 3.06. The quantitative estimate of drug-likeness (QED) is 0.480. The number of halogens is 2. The van der Waals surface area contributed by atoms with Gasteiger partial charge >= 0.3 is 0 Å². The first kappa shape index (κ1) is 11.2. The number of benzene rings is 1. The molecular weight excluding hydrogens is 269 g/mol. The number of hydrogen-bond acceptors (Lipinski definition) is 2. The molecule has 0 bridgehead atoms. The highest BCUT2D eigenvalue weighted by Gasteiger charge is 2.11. The van der Waals surface area contributed by atoms with E-state index in [9.17, 15) is 10.1 Å². The molecule has 5 heteroatoms. The van der Waals surface area contributed by atoms with Crippen LogP contribution in [0.5, 0.6) is 0 Å². The molecule has 0 saturated heterocycles. The molecule has 14 heavy (non-hydrogen) atoms. The number of nitro benzene ring substituents is 1. The first-order valence-corrected chi connectivity index (χ1v) is 5.31. The fourth-order valence-electron chi connectivity index (χ4n) is 0.954. The molecule has 0 aliphatic carbocycles. The summed E-state index contributed by atoms with van der Waals surface area (Å²) in [5.74, 6) is 0. The van der Waals surface area contributed by atoms with Gasteiger partial charge in [0.25, 0.3) is 5.69 Å². The van der Waals surface area contributed by atoms with Gasteiger partial charge in [0, 0.05) is 11.4 Å². The fourth-order valence-corrected chi connectivity index (χ4v) is 1.33. The zero-order valence-corrected chi connectivity index (χ0v) is 9.46. The Bertz CT molecular complexity index is 379.